The van der Waals surface area contributed by atoms with E-state index in [2.05, 4.69) is 31.0 Å². The summed E-state index contributed by atoms with van der Waals surface area (Å²) >= 11 is 0. The van der Waals surface area contributed by atoms with Crippen LogP contribution < -0.4 is 9.64 Å². The van der Waals surface area contributed by atoms with Crippen molar-refractivity contribution in [1.29, 1.82) is 0 Å². The quantitative estimate of drug-likeness (QED) is 0.699. The molecule has 1 aliphatic heterocycles. The lowest BCUT2D eigenvalue weighted by Crippen LogP contribution is -2.46. The summed E-state index contributed by atoms with van der Waals surface area (Å²) in [5.74, 6) is 3.02. The smallest absolute Gasteiger partial charge is 0.247 e. The molecule has 0 unspecified atom stereocenters. The molecular formula is C19H21N5O2. The molecule has 1 aromatic carbocycles. The van der Waals surface area contributed by atoms with Crippen LogP contribution in [-0.4, -0.2) is 53.4 Å². The third-order valence-corrected chi connectivity index (χ3v) is 4.51. The van der Waals surface area contributed by atoms with Crippen molar-refractivity contribution in [1.82, 2.24) is 20.1 Å². The summed E-state index contributed by atoms with van der Waals surface area (Å²) in [4.78, 5) is 9.04. The first kappa shape index (κ1) is 16.5. The van der Waals surface area contributed by atoms with Crippen LogP contribution in [0.4, 0.5) is 5.82 Å². The molecule has 1 fully saturated rings. The number of rotatable bonds is 5. The molecule has 7 nitrogen and oxygen atoms in total. The monoisotopic (exact) mass is 351 g/mol. The molecule has 2 aromatic heterocycles. The minimum absolute atomic E-state index is 0.537. The number of benzene rings is 1. The molecule has 26 heavy (non-hydrogen) atoms. The minimum Gasteiger partial charge on any atom is -0.497 e. The van der Waals surface area contributed by atoms with E-state index in [1.807, 2.05) is 42.6 Å². The van der Waals surface area contributed by atoms with Crippen LogP contribution in [-0.2, 0) is 6.54 Å². The summed E-state index contributed by atoms with van der Waals surface area (Å²) in [6, 6.07) is 13.6. The van der Waals surface area contributed by atoms with Crippen molar-refractivity contribution in [3.63, 3.8) is 0 Å². The Morgan fingerprint density at radius 2 is 1.81 bits per heavy atom. The normalized spacial score (nSPS) is 15.2. The number of aromatic nitrogens is 3. The van der Waals surface area contributed by atoms with Crippen molar-refractivity contribution >= 4 is 5.82 Å². The van der Waals surface area contributed by atoms with Crippen LogP contribution in [0, 0.1) is 0 Å². The molecular weight excluding hydrogens is 330 g/mol. The largest absolute Gasteiger partial charge is 0.497 e. The lowest BCUT2D eigenvalue weighted by Gasteiger charge is -2.34. The fraction of sp³-hybridized carbons (Fsp3) is 0.316. The first-order valence-corrected chi connectivity index (χ1v) is 8.67. The molecule has 1 saturated heterocycles. The van der Waals surface area contributed by atoms with Crippen LogP contribution >= 0.6 is 0 Å². The van der Waals surface area contributed by atoms with Gasteiger partial charge in [-0.15, -0.1) is 10.2 Å². The second-order valence-electron chi connectivity index (χ2n) is 6.18. The molecule has 3 heterocycles. The van der Waals surface area contributed by atoms with E-state index < -0.39 is 0 Å². The van der Waals surface area contributed by atoms with Gasteiger partial charge in [0.05, 0.1) is 13.7 Å². The summed E-state index contributed by atoms with van der Waals surface area (Å²) in [6.07, 6.45) is 1.83. The maximum atomic E-state index is 5.83. The summed E-state index contributed by atoms with van der Waals surface area (Å²) in [7, 11) is 1.65. The Kier molecular flexibility index (Phi) is 4.79. The van der Waals surface area contributed by atoms with Gasteiger partial charge in [0.1, 0.15) is 11.6 Å². The van der Waals surface area contributed by atoms with Gasteiger partial charge in [-0.3, -0.25) is 4.90 Å². The van der Waals surface area contributed by atoms with Crippen LogP contribution in [0.25, 0.3) is 11.5 Å². The Balaban J connectivity index is 1.35. The molecule has 0 saturated carbocycles. The first-order chi connectivity index (χ1) is 12.8. The number of piperazine rings is 1. The van der Waals surface area contributed by atoms with E-state index in [0.717, 1.165) is 43.3 Å². The van der Waals surface area contributed by atoms with Crippen LogP contribution in [0.5, 0.6) is 5.75 Å². The zero-order valence-corrected chi connectivity index (χ0v) is 14.7. The van der Waals surface area contributed by atoms with Crippen LogP contribution in [0.2, 0.25) is 0 Å². The number of pyridine rings is 1. The van der Waals surface area contributed by atoms with E-state index in [1.165, 1.54) is 0 Å². The highest BCUT2D eigenvalue weighted by molar-refractivity contribution is 5.53. The second kappa shape index (κ2) is 7.53. The molecule has 0 amide bonds. The van der Waals surface area contributed by atoms with E-state index >= 15 is 0 Å². The Morgan fingerprint density at radius 3 is 2.50 bits per heavy atom. The van der Waals surface area contributed by atoms with Gasteiger partial charge in [0.25, 0.3) is 0 Å². The molecule has 0 bridgehead atoms. The maximum Gasteiger partial charge on any atom is 0.247 e. The maximum absolute atomic E-state index is 5.83. The molecule has 0 radical (unpaired) electrons. The van der Waals surface area contributed by atoms with Gasteiger partial charge in [0.2, 0.25) is 11.8 Å². The average Bonchev–Trinajstić information content (AvgIpc) is 3.18. The van der Waals surface area contributed by atoms with Gasteiger partial charge in [-0.05, 0) is 36.4 Å². The number of hydrogen-bond acceptors (Lipinski definition) is 7. The molecule has 1 aliphatic rings. The van der Waals surface area contributed by atoms with Crippen LogP contribution in [0.15, 0.2) is 53.1 Å². The Labute approximate surface area is 152 Å². The van der Waals surface area contributed by atoms with E-state index in [4.69, 9.17) is 9.15 Å². The highest BCUT2D eigenvalue weighted by Gasteiger charge is 2.20. The van der Waals surface area contributed by atoms with Crippen molar-refractivity contribution in [3.05, 3.63) is 54.6 Å². The topological polar surface area (TPSA) is 67.5 Å². The van der Waals surface area contributed by atoms with Crippen LogP contribution in [0.1, 0.15) is 5.89 Å². The van der Waals surface area contributed by atoms with Gasteiger partial charge in [-0.2, -0.15) is 0 Å². The standard InChI is InChI=1S/C19H21N5O2/c1-25-16-7-5-15(6-8-16)19-22-21-18(26-19)14-23-10-12-24(13-11-23)17-4-2-3-9-20-17/h2-9H,10-14H2,1H3. The van der Waals surface area contributed by atoms with Crippen molar-refractivity contribution in [2.75, 3.05) is 38.2 Å². The summed E-state index contributed by atoms with van der Waals surface area (Å²) in [6.45, 7) is 4.43. The predicted molar refractivity (Wildman–Crippen MR) is 98.0 cm³/mol. The molecule has 134 valence electrons. The highest BCUT2D eigenvalue weighted by Crippen LogP contribution is 2.22. The van der Waals surface area contributed by atoms with Gasteiger partial charge in [-0.25, -0.2) is 4.98 Å². The molecule has 0 N–H and O–H groups in total. The number of ether oxygens (including phenoxy) is 1. The molecule has 7 heteroatoms. The Morgan fingerprint density at radius 1 is 1.00 bits per heavy atom. The van der Waals surface area contributed by atoms with Crippen LogP contribution in [0.3, 0.4) is 0 Å². The lowest BCUT2D eigenvalue weighted by molar-refractivity contribution is 0.226. The zero-order valence-electron chi connectivity index (χ0n) is 14.7. The lowest BCUT2D eigenvalue weighted by atomic mass is 10.2. The third kappa shape index (κ3) is 3.67. The molecule has 0 atom stereocenters. The number of nitrogens with zero attached hydrogens (tertiary/aromatic N) is 5. The van der Waals surface area contributed by atoms with Crippen molar-refractivity contribution < 1.29 is 9.15 Å². The van der Waals surface area contributed by atoms with Gasteiger partial charge in [0.15, 0.2) is 0 Å². The summed E-state index contributed by atoms with van der Waals surface area (Å²) in [5, 5.41) is 8.36. The fourth-order valence-corrected chi connectivity index (χ4v) is 3.03. The van der Waals surface area contributed by atoms with E-state index in [1.54, 1.807) is 7.11 Å². The van der Waals surface area contributed by atoms with E-state index in [9.17, 15) is 0 Å². The Hall–Kier alpha value is -2.93. The minimum atomic E-state index is 0.537. The van der Waals surface area contributed by atoms with Gasteiger partial charge >= 0.3 is 0 Å². The highest BCUT2D eigenvalue weighted by atomic mass is 16.5. The molecule has 3 aromatic rings. The summed E-state index contributed by atoms with van der Waals surface area (Å²) in [5.41, 5.74) is 0.893. The molecule has 0 spiro atoms. The average molecular weight is 351 g/mol. The third-order valence-electron chi connectivity index (χ3n) is 4.51. The second-order valence-corrected chi connectivity index (χ2v) is 6.18. The van der Waals surface area contributed by atoms with Crippen molar-refractivity contribution in [2.24, 2.45) is 0 Å². The van der Waals surface area contributed by atoms with Gasteiger partial charge in [0, 0.05) is 37.9 Å². The molecule has 0 aliphatic carbocycles. The van der Waals surface area contributed by atoms with Gasteiger partial charge in [-0.1, -0.05) is 6.07 Å². The molecule has 4 rings (SSSR count). The summed E-state index contributed by atoms with van der Waals surface area (Å²) < 4.78 is 11.0. The Bertz CT molecular complexity index is 827. The number of anilines is 1. The predicted octanol–water partition coefficient (Wildman–Crippen LogP) is 2.46. The van der Waals surface area contributed by atoms with Crippen molar-refractivity contribution in [2.45, 2.75) is 6.54 Å². The number of hydrogen-bond donors (Lipinski definition) is 0. The van der Waals surface area contributed by atoms with Gasteiger partial charge < -0.3 is 14.1 Å². The van der Waals surface area contributed by atoms with E-state index in [0.29, 0.717) is 18.3 Å². The SMILES string of the molecule is COc1ccc(-c2nnc(CN3CCN(c4ccccn4)CC3)o2)cc1. The first-order valence-electron chi connectivity index (χ1n) is 8.67. The fourth-order valence-electron chi connectivity index (χ4n) is 3.03. The zero-order chi connectivity index (χ0) is 17.8. The van der Waals surface area contributed by atoms with E-state index in [-0.39, 0.29) is 0 Å². The number of methoxy groups -OCH3 is 1. The van der Waals surface area contributed by atoms with Crippen molar-refractivity contribution in [3.8, 4) is 17.2 Å².